The third kappa shape index (κ3) is 3.71. The summed E-state index contributed by atoms with van der Waals surface area (Å²) >= 11 is 0. The highest BCUT2D eigenvalue weighted by Crippen LogP contribution is 2.40. The van der Waals surface area contributed by atoms with Gasteiger partial charge in [0.15, 0.2) is 0 Å². The number of benzene rings is 3. The Hall–Kier alpha value is -2.74. The second-order valence-corrected chi connectivity index (χ2v) is 9.91. The van der Waals surface area contributed by atoms with E-state index in [1.807, 2.05) is 0 Å². The van der Waals surface area contributed by atoms with Crippen LogP contribution in [0.3, 0.4) is 0 Å². The number of hydrogen-bond acceptors (Lipinski definition) is 2. The van der Waals surface area contributed by atoms with Crippen LogP contribution in [0.4, 0.5) is 11.4 Å². The quantitative estimate of drug-likeness (QED) is 0.477. The van der Waals surface area contributed by atoms with E-state index in [9.17, 15) is 0 Å². The van der Waals surface area contributed by atoms with Gasteiger partial charge in [0.1, 0.15) is 0 Å². The van der Waals surface area contributed by atoms with Gasteiger partial charge in [0, 0.05) is 22.2 Å². The lowest BCUT2D eigenvalue weighted by Gasteiger charge is -2.31. The van der Waals surface area contributed by atoms with Crippen LogP contribution in [0.2, 0.25) is 0 Å². The van der Waals surface area contributed by atoms with Crippen molar-refractivity contribution in [3.63, 3.8) is 0 Å². The van der Waals surface area contributed by atoms with Crippen LogP contribution in [0, 0.1) is 27.7 Å². The molecule has 0 unspecified atom stereocenters. The molecular weight excluding hydrogens is 364 g/mol. The molecular formula is C28H36N2. The molecule has 0 radical (unpaired) electrons. The van der Waals surface area contributed by atoms with Crippen LogP contribution in [-0.2, 0) is 10.8 Å². The monoisotopic (exact) mass is 400 g/mol. The van der Waals surface area contributed by atoms with Gasteiger partial charge in [-0.05, 0) is 61.1 Å². The van der Waals surface area contributed by atoms with E-state index in [1.54, 1.807) is 0 Å². The van der Waals surface area contributed by atoms with Crippen molar-refractivity contribution in [1.29, 1.82) is 0 Å². The maximum Gasteiger partial charge on any atom is 0.0385 e. The molecule has 0 aliphatic carbocycles. The number of rotatable bonds is 4. The Morgan fingerprint density at radius 2 is 0.833 bits per heavy atom. The molecule has 3 aromatic carbocycles. The van der Waals surface area contributed by atoms with Gasteiger partial charge < -0.3 is 11.5 Å². The van der Waals surface area contributed by atoms with E-state index < -0.39 is 0 Å². The molecule has 30 heavy (non-hydrogen) atoms. The molecule has 158 valence electrons. The summed E-state index contributed by atoms with van der Waals surface area (Å²) in [6.07, 6.45) is 0. The molecule has 4 N–H and O–H groups in total. The molecule has 0 aliphatic heterocycles. The number of anilines is 2. The van der Waals surface area contributed by atoms with E-state index in [2.05, 4.69) is 104 Å². The Morgan fingerprint density at radius 1 is 0.533 bits per heavy atom. The van der Waals surface area contributed by atoms with E-state index >= 15 is 0 Å². The molecule has 0 heterocycles. The SMILES string of the molecule is Cc1cc(C)c(N)c(C(C)(C)c2ccc(C(C)(C)c3cc(C)cc(C)c3N)cc2)c1. The van der Waals surface area contributed by atoms with Crippen molar-refractivity contribution in [3.05, 3.63) is 93.0 Å². The zero-order valence-corrected chi connectivity index (χ0v) is 19.8. The molecule has 0 saturated carbocycles. The van der Waals surface area contributed by atoms with Crippen molar-refractivity contribution >= 4 is 11.4 Å². The second kappa shape index (κ2) is 7.50. The van der Waals surface area contributed by atoms with E-state index in [0.29, 0.717) is 0 Å². The number of nitrogen functional groups attached to an aromatic ring is 2. The minimum Gasteiger partial charge on any atom is -0.398 e. The van der Waals surface area contributed by atoms with Gasteiger partial charge in [-0.2, -0.15) is 0 Å². The van der Waals surface area contributed by atoms with Gasteiger partial charge in [-0.3, -0.25) is 0 Å². The van der Waals surface area contributed by atoms with E-state index in [4.69, 9.17) is 11.5 Å². The Kier molecular flexibility index (Phi) is 5.49. The molecule has 0 aromatic heterocycles. The van der Waals surface area contributed by atoms with E-state index in [0.717, 1.165) is 22.5 Å². The summed E-state index contributed by atoms with van der Waals surface area (Å²) in [5.74, 6) is 0. The highest BCUT2D eigenvalue weighted by atomic mass is 14.6. The number of hydrogen-bond donors (Lipinski definition) is 2. The zero-order valence-electron chi connectivity index (χ0n) is 19.8. The Labute approximate surface area is 182 Å². The molecule has 0 atom stereocenters. The number of nitrogens with two attached hydrogens (primary N) is 2. The average molecular weight is 401 g/mol. The highest BCUT2D eigenvalue weighted by Gasteiger charge is 2.29. The van der Waals surface area contributed by atoms with Crippen molar-refractivity contribution in [2.24, 2.45) is 0 Å². The summed E-state index contributed by atoms with van der Waals surface area (Å²) in [5.41, 5.74) is 24.0. The minimum atomic E-state index is -0.178. The van der Waals surface area contributed by atoms with Crippen LogP contribution >= 0.6 is 0 Å². The first kappa shape index (κ1) is 22.0. The van der Waals surface area contributed by atoms with Crippen LogP contribution in [0.25, 0.3) is 0 Å². The predicted octanol–water partition coefficient (Wildman–Crippen LogP) is 6.74. The van der Waals surface area contributed by atoms with Crippen LogP contribution in [-0.4, -0.2) is 0 Å². The molecule has 3 rings (SSSR count). The molecule has 3 aromatic rings. The van der Waals surface area contributed by atoms with Crippen LogP contribution < -0.4 is 11.5 Å². The first-order chi connectivity index (χ1) is 13.9. The van der Waals surface area contributed by atoms with Gasteiger partial charge in [-0.1, -0.05) is 87.4 Å². The second-order valence-electron chi connectivity index (χ2n) is 9.91. The number of aryl methyl sites for hydroxylation is 4. The van der Waals surface area contributed by atoms with Crippen molar-refractivity contribution in [2.75, 3.05) is 11.5 Å². The summed E-state index contributed by atoms with van der Waals surface area (Å²) in [7, 11) is 0. The molecule has 0 fully saturated rings. The summed E-state index contributed by atoms with van der Waals surface area (Å²) in [6, 6.07) is 17.7. The first-order valence-electron chi connectivity index (χ1n) is 10.7. The molecule has 0 saturated heterocycles. The summed E-state index contributed by atoms with van der Waals surface area (Å²) in [5, 5.41) is 0. The van der Waals surface area contributed by atoms with Gasteiger partial charge >= 0.3 is 0 Å². The largest absolute Gasteiger partial charge is 0.398 e. The van der Waals surface area contributed by atoms with Crippen molar-refractivity contribution < 1.29 is 0 Å². The van der Waals surface area contributed by atoms with Crippen molar-refractivity contribution in [3.8, 4) is 0 Å². The molecule has 0 bridgehead atoms. The third-order valence-electron chi connectivity index (χ3n) is 6.74. The van der Waals surface area contributed by atoms with Gasteiger partial charge in [-0.25, -0.2) is 0 Å². The predicted molar refractivity (Wildman–Crippen MR) is 131 cm³/mol. The van der Waals surface area contributed by atoms with Gasteiger partial charge in [0.25, 0.3) is 0 Å². The van der Waals surface area contributed by atoms with Crippen LogP contribution in [0.5, 0.6) is 0 Å². The smallest absolute Gasteiger partial charge is 0.0385 e. The van der Waals surface area contributed by atoms with Crippen LogP contribution in [0.15, 0.2) is 48.5 Å². The maximum atomic E-state index is 6.48. The highest BCUT2D eigenvalue weighted by molar-refractivity contribution is 5.62. The lowest BCUT2D eigenvalue weighted by atomic mass is 9.73. The van der Waals surface area contributed by atoms with E-state index in [1.165, 1.54) is 33.4 Å². The van der Waals surface area contributed by atoms with Crippen LogP contribution in [0.1, 0.15) is 72.2 Å². The lowest BCUT2D eigenvalue weighted by molar-refractivity contribution is 0.627. The molecule has 2 heteroatoms. The van der Waals surface area contributed by atoms with Crippen molar-refractivity contribution in [2.45, 2.75) is 66.2 Å². The topological polar surface area (TPSA) is 52.0 Å². The lowest BCUT2D eigenvalue weighted by Crippen LogP contribution is -2.24. The van der Waals surface area contributed by atoms with Crippen molar-refractivity contribution in [1.82, 2.24) is 0 Å². The Morgan fingerprint density at radius 3 is 1.13 bits per heavy atom. The maximum absolute atomic E-state index is 6.48. The Balaban J connectivity index is 2.05. The Bertz CT molecular complexity index is 998. The average Bonchev–Trinajstić information content (AvgIpc) is 2.67. The minimum absolute atomic E-state index is 0.178. The summed E-state index contributed by atoms with van der Waals surface area (Å²) < 4.78 is 0. The molecule has 0 aliphatic rings. The molecule has 0 spiro atoms. The fourth-order valence-electron chi connectivity index (χ4n) is 4.61. The molecule has 2 nitrogen and oxygen atoms in total. The zero-order chi connectivity index (χ0) is 22.4. The van der Waals surface area contributed by atoms with E-state index in [-0.39, 0.29) is 10.8 Å². The third-order valence-corrected chi connectivity index (χ3v) is 6.74. The van der Waals surface area contributed by atoms with Gasteiger partial charge in [0.2, 0.25) is 0 Å². The fraction of sp³-hybridized carbons (Fsp3) is 0.357. The van der Waals surface area contributed by atoms with Gasteiger partial charge in [-0.15, -0.1) is 0 Å². The normalized spacial score (nSPS) is 12.3. The first-order valence-corrected chi connectivity index (χ1v) is 10.7. The standard InChI is InChI=1S/C28H36N2/c1-17-13-19(3)25(29)23(15-17)27(5,6)21-9-11-22(12-10-21)28(7,8)24-16-18(2)14-20(4)26(24)30/h9-16H,29-30H2,1-8H3. The summed E-state index contributed by atoms with van der Waals surface area (Å²) in [6.45, 7) is 17.4. The van der Waals surface area contributed by atoms with Gasteiger partial charge in [0.05, 0.1) is 0 Å². The molecule has 0 amide bonds. The summed E-state index contributed by atoms with van der Waals surface area (Å²) in [4.78, 5) is 0. The fourth-order valence-corrected chi connectivity index (χ4v) is 4.61.